The molecule has 0 saturated heterocycles. The first-order valence-electron chi connectivity index (χ1n) is 17.9. The fourth-order valence-corrected chi connectivity index (χ4v) is 7.08. The number of carboxylic acids is 2. The lowest BCUT2D eigenvalue weighted by Gasteiger charge is -2.32. The Morgan fingerprint density at radius 2 is 1.69 bits per heavy atom. The van der Waals surface area contributed by atoms with Gasteiger partial charge in [0.25, 0.3) is 5.91 Å². The molecule has 55 heavy (non-hydrogen) atoms. The number of para-hydroxylation sites is 1. The number of furan rings is 1. The van der Waals surface area contributed by atoms with Gasteiger partial charge in [-0.1, -0.05) is 72.8 Å². The number of hydrazine groups is 1. The van der Waals surface area contributed by atoms with Crippen LogP contribution in [-0.2, 0) is 29.0 Å². The number of aliphatic carboxylic acids is 2. The largest absolute Gasteiger partial charge is 0.481 e. The fraction of sp³-hybridized carbons (Fsp3) is 0.359. The van der Waals surface area contributed by atoms with Gasteiger partial charge < -0.3 is 31.0 Å². The molecule has 16 heteroatoms. The molecule has 3 aromatic carbocycles. The van der Waals surface area contributed by atoms with Crippen molar-refractivity contribution in [2.24, 2.45) is 22.0 Å². The summed E-state index contributed by atoms with van der Waals surface area (Å²) in [5.41, 5.74) is 12.2. The maximum atomic E-state index is 13.9. The van der Waals surface area contributed by atoms with Crippen LogP contribution in [0.4, 0.5) is 14.5 Å². The number of benzene rings is 3. The molecule has 0 radical (unpaired) electrons. The first kappa shape index (κ1) is 42.4. The van der Waals surface area contributed by atoms with Gasteiger partial charge in [-0.15, -0.1) is 5.11 Å². The van der Waals surface area contributed by atoms with Crippen molar-refractivity contribution in [2.75, 3.05) is 18.1 Å². The number of rotatable bonds is 20. The fourth-order valence-electron chi connectivity index (χ4n) is 5.81. The molecular formula is C39H47F2N7O6S. The Morgan fingerprint density at radius 1 is 0.945 bits per heavy atom. The Kier molecular flexibility index (Phi) is 17.1. The smallest absolute Gasteiger partial charge is 0.317 e. The highest BCUT2D eigenvalue weighted by Gasteiger charge is 2.38. The van der Waals surface area contributed by atoms with E-state index in [4.69, 9.17) is 15.3 Å². The van der Waals surface area contributed by atoms with Crippen LogP contribution >= 0.6 is 11.8 Å². The molecular weight excluding hydrogens is 733 g/mol. The van der Waals surface area contributed by atoms with Crippen molar-refractivity contribution in [2.45, 2.75) is 68.8 Å². The number of halogens is 2. The van der Waals surface area contributed by atoms with Gasteiger partial charge in [0.1, 0.15) is 16.9 Å². The van der Waals surface area contributed by atoms with Crippen LogP contribution in [0.1, 0.15) is 59.9 Å². The van der Waals surface area contributed by atoms with Gasteiger partial charge in [-0.25, -0.2) is 13.8 Å². The minimum Gasteiger partial charge on any atom is -0.481 e. The minimum atomic E-state index is -1.06. The zero-order valence-electron chi connectivity index (χ0n) is 30.4. The summed E-state index contributed by atoms with van der Waals surface area (Å²) < 4.78 is 32.6. The van der Waals surface area contributed by atoms with Gasteiger partial charge in [-0.05, 0) is 78.8 Å². The van der Waals surface area contributed by atoms with Gasteiger partial charge in [0.2, 0.25) is 5.50 Å². The zero-order valence-corrected chi connectivity index (χ0v) is 31.3. The normalized spacial score (nSPS) is 15.0. The lowest BCUT2D eigenvalue weighted by atomic mass is 9.90. The maximum Gasteiger partial charge on any atom is 0.317 e. The molecule has 5 rings (SSSR count). The summed E-state index contributed by atoms with van der Waals surface area (Å²) in [5, 5.41) is 33.5. The summed E-state index contributed by atoms with van der Waals surface area (Å²) in [5.74, 6) is -3.80. The monoisotopic (exact) mass is 779 g/mol. The van der Waals surface area contributed by atoms with Gasteiger partial charge in [-0.3, -0.25) is 14.4 Å². The molecule has 1 amide bonds. The van der Waals surface area contributed by atoms with Crippen LogP contribution in [0.3, 0.4) is 0 Å². The standard InChI is InChI=1S/C28H32F2N6O2S.C11H15NO4/c1-2-18-7-6-8-19(11-18)16-32-17-24(25(31)14-20-12-21(29)15-22(30)13-20)26(27(37)38)39-28-33-34-35-36(28)23-9-4-3-5-10-23;13-10(14)6-2-1-3-7-12-11(15)9-5-4-8-16-9/h3-13,15,24-26,28,32H,2,14,16-17,31H2,1H3,(H,33,35)(H,37,38);4-5,8H,1-3,6-7H2,(H,12,15)(H,13,14)/t24-,25?,26+,28?;/m1./s1. The first-order valence-corrected chi connectivity index (χ1v) is 18.9. The highest BCUT2D eigenvalue weighted by atomic mass is 32.2. The summed E-state index contributed by atoms with van der Waals surface area (Å²) in [6, 6.07) is 23.2. The summed E-state index contributed by atoms with van der Waals surface area (Å²) >= 11 is 1.10. The van der Waals surface area contributed by atoms with Crippen molar-refractivity contribution in [1.82, 2.24) is 16.2 Å². The molecule has 4 atom stereocenters. The summed E-state index contributed by atoms with van der Waals surface area (Å²) in [6.07, 6.45) is 4.86. The molecule has 1 aliphatic heterocycles. The average molecular weight is 780 g/mol. The van der Waals surface area contributed by atoms with Crippen LogP contribution < -0.4 is 26.9 Å². The third-order valence-corrected chi connectivity index (χ3v) is 10.0. The third kappa shape index (κ3) is 14.1. The van der Waals surface area contributed by atoms with E-state index in [2.05, 4.69) is 45.6 Å². The molecule has 2 unspecified atom stereocenters. The molecule has 0 aliphatic carbocycles. The summed E-state index contributed by atoms with van der Waals surface area (Å²) in [4.78, 5) is 34.2. The van der Waals surface area contributed by atoms with Crippen molar-refractivity contribution in [1.29, 1.82) is 0 Å². The number of nitrogens with one attached hydrogen (secondary N) is 3. The van der Waals surface area contributed by atoms with Gasteiger partial charge in [0, 0.05) is 44.1 Å². The number of nitrogens with zero attached hydrogens (tertiary/aromatic N) is 3. The van der Waals surface area contributed by atoms with E-state index in [1.807, 2.05) is 42.5 Å². The third-order valence-electron chi connectivity index (χ3n) is 8.62. The van der Waals surface area contributed by atoms with Gasteiger partial charge in [0.05, 0.1) is 12.0 Å². The number of carbonyl (C=O) groups excluding carboxylic acids is 1. The Hall–Kier alpha value is -5.32. The molecule has 7 N–H and O–H groups in total. The number of hydrogen-bond donors (Lipinski definition) is 6. The Morgan fingerprint density at radius 3 is 2.36 bits per heavy atom. The van der Waals surface area contributed by atoms with Crippen LogP contribution in [0.15, 0.2) is 106 Å². The molecule has 0 bridgehead atoms. The SMILES string of the molecule is CCc1cccc(CNC[C@H](C(N)Cc2cc(F)cc(F)c2)[C@H](SC2N=NNN2c2ccccc2)C(=O)O)c1.O=C(O)CCCCCNC(=O)c1ccco1. The van der Waals surface area contributed by atoms with E-state index < -0.39 is 46.3 Å². The summed E-state index contributed by atoms with van der Waals surface area (Å²) in [7, 11) is 0. The van der Waals surface area contributed by atoms with Crippen molar-refractivity contribution in [3.63, 3.8) is 0 Å². The minimum absolute atomic E-state index is 0.101. The van der Waals surface area contributed by atoms with E-state index in [0.717, 1.165) is 48.3 Å². The molecule has 1 aromatic heterocycles. The second-order valence-corrected chi connectivity index (χ2v) is 14.0. The van der Waals surface area contributed by atoms with Gasteiger partial charge in [-0.2, -0.15) is 5.53 Å². The van der Waals surface area contributed by atoms with Crippen molar-refractivity contribution < 1.29 is 37.8 Å². The molecule has 4 aromatic rings. The average Bonchev–Trinajstić information content (AvgIpc) is 3.87. The lowest BCUT2D eigenvalue weighted by Crippen LogP contribution is -2.48. The van der Waals surface area contributed by atoms with Crippen LogP contribution in [0.2, 0.25) is 0 Å². The number of carbonyl (C=O) groups is 3. The number of aryl methyl sites for hydroxylation is 1. The van der Waals surface area contributed by atoms with E-state index >= 15 is 0 Å². The number of anilines is 1. The topological polar surface area (TPSA) is 195 Å². The molecule has 0 saturated carbocycles. The van der Waals surface area contributed by atoms with E-state index in [0.29, 0.717) is 30.8 Å². The summed E-state index contributed by atoms with van der Waals surface area (Å²) in [6.45, 7) is 3.41. The highest BCUT2D eigenvalue weighted by Crippen LogP contribution is 2.33. The second-order valence-electron chi connectivity index (χ2n) is 12.8. The highest BCUT2D eigenvalue weighted by molar-refractivity contribution is 8.01. The Labute approximate surface area is 322 Å². The molecule has 294 valence electrons. The Bertz CT molecular complexity index is 1820. The van der Waals surface area contributed by atoms with Crippen LogP contribution in [0, 0.1) is 17.6 Å². The number of carboxylic acid groups (broad SMARTS) is 2. The number of thioether (sulfide) groups is 1. The van der Waals surface area contributed by atoms with Crippen LogP contribution in [0.5, 0.6) is 0 Å². The van der Waals surface area contributed by atoms with E-state index in [1.165, 1.54) is 24.0 Å². The lowest BCUT2D eigenvalue weighted by molar-refractivity contribution is -0.138. The molecule has 13 nitrogen and oxygen atoms in total. The number of hydrogen-bond acceptors (Lipinski definition) is 11. The number of unbranched alkanes of at least 4 members (excludes halogenated alkanes) is 2. The maximum absolute atomic E-state index is 13.9. The van der Waals surface area contributed by atoms with Crippen molar-refractivity contribution in [3.8, 4) is 0 Å². The van der Waals surface area contributed by atoms with Crippen molar-refractivity contribution >= 4 is 35.3 Å². The van der Waals surface area contributed by atoms with Gasteiger partial charge >= 0.3 is 11.9 Å². The van der Waals surface area contributed by atoms with Gasteiger partial charge in [0.15, 0.2) is 5.76 Å². The zero-order chi connectivity index (χ0) is 39.6. The predicted molar refractivity (Wildman–Crippen MR) is 206 cm³/mol. The van der Waals surface area contributed by atoms with Crippen LogP contribution in [-0.4, -0.2) is 57.9 Å². The molecule has 0 spiro atoms. The van der Waals surface area contributed by atoms with Crippen LogP contribution in [0.25, 0.3) is 0 Å². The number of amides is 1. The van der Waals surface area contributed by atoms with E-state index in [-0.39, 0.29) is 25.3 Å². The molecule has 1 aliphatic rings. The van der Waals surface area contributed by atoms with E-state index in [9.17, 15) is 28.3 Å². The van der Waals surface area contributed by atoms with E-state index in [1.54, 1.807) is 17.1 Å². The van der Waals surface area contributed by atoms with Crippen molar-refractivity contribution in [3.05, 3.63) is 125 Å². The first-order chi connectivity index (χ1) is 26.5. The predicted octanol–water partition coefficient (Wildman–Crippen LogP) is 6.32. The Balaban J connectivity index is 0.000000352. The molecule has 2 heterocycles. The quantitative estimate of drug-likeness (QED) is 0.0550. The number of nitrogens with two attached hydrogens (primary N) is 1. The second kappa shape index (κ2) is 22.2. The molecule has 0 fully saturated rings.